The van der Waals surface area contributed by atoms with Crippen molar-refractivity contribution in [1.82, 2.24) is 0 Å². The second-order valence-electron chi connectivity index (χ2n) is 1.01. The summed E-state index contributed by atoms with van der Waals surface area (Å²) in [7, 11) is 0. The van der Waals surface area contributed by atoms with Crippen LogP contribution in [0.2, 0.25) is 0 Å². The monoisotopic (exact) mass is 128 g/mol. The molecule has 0 aromatic heterocycles. The molecule has 0 aliphatic carbocycles. The third-order valence-corrected chi connectivity index (χ3v) is 0.368. The average molecular weight is 128 g/mol. The molecule has 0 atom stereocenters. The Morgan fingerprint density at radius 1 is 1.00 bits per heavy atom. The highest BCUT2D eigenvalue weighted by atomic mass is 16.4. The molecule has 4 radical (unpaired) electrons. The van der Waals surface area contributed by atoms with Gasteiger partial charge in [0.25, 0.3) is 0 Å². The molecule has 0 rings (SSSR count). The Labute approximate surface area is 52.4 Å². The highest BCUT2D eigenvalue weighted by molar-refractivity contribution is 5.89. The van der Waals surface area contributed by atoms with Gasteiger partial charge in [-0.1, -0.05) is 0 Å². The van der Waals surface area contributed by atoms with Crippen molar-refractivity contribution in [3.63, 3.8) is 0 Å². The number of carboxylic acid groups (broad SMARTS) is 2. The number of hydrogen-bond donors (Lipinski definition) is 2. The Hall–Kier alpha value is -1.32. The van der Waals surface area contributed by atoms with Crippen molar-refractivity contribution in [2.24, 2.45) is 0 Å². The Morgan fingerprint density at radius 2 is 1.22 bits per heavy atom. The fraction of sp³-hybridized carbons (Fsp3) is 0. The van der Waals surface area contributed by atoms with E-state index in [1.54, 1.807) is 0 Å². The molecular formula is C5H4O4. The molecule has 0 aliphatic heterocycles. The molecule has 0 heterocycles. The van der Waals surface area contributed by atoms with Crippen molar-refractivity contribution < 1.29 is 19.8 Å². The average Bonchev–Trinajstić information content (AvgIpc) is 1.61. The van der Waals surface area contributed by atoms with Crippen molar-refractivity contribution in [2.45, 2.75) is 0 Å². The lowest BCUT2D eigenvalue weighted by molar-refractivity contribution is -0.134. The molecule has 0 spiro atoms. The molecule has 0 amide bonds. The van der Waals surface area contributed by atoms with E-state index >= 15 is 0 Å². The Balaban J connectivity index is 0. The maximum Gasteiger partial charge on any atom is 0.328 e. The third kappa shape index (κ3) is 10.8. The Kier molecular flexibility index (Phi) is 5.70. The highest BCUT2D eigenvalue weighted by Gasteiger charge is 1.88. The van der Waals surface area contributed by atoms with Gasteiger partial charge in [-0.05, 0) is 0 Å². The van der Waals surface area contributed by atoms with Crippen molar-refractivity contribution in [1.29, 1.82) is 0 Å². The van der Waals surface area contributed by atoms with Gasteiger partial charge in [0.05, 0.1) is 0 Å². The molecular weight excluding hydrogens is 124 g/mol. The molecule has 2 N–H and O–H groups in total. The summed E-state index contributed by atoms with van der Waals surface area (Å²) < 4.78 is 0. The van der Waals surface area contributed by atoms with Gasteiger partial charge in [0.2, 0.25) is 0 Å². The van der Waals surface area contributed by atoms with Crippen LogP contribution in [0.3, 0.4) is 0 Å². The molecule has 0 aliphatic rings. The number of carbonyl (C=O) groups is 2. The van der Waals surface area contributed by atoms with Gasteiger partial charge in [-0.25, -0.2) is 9.59 Å². The van der Waals surface area contributed by atoms with Gasteiger partial charge in [-0.15, -0.1) is 0 Å². The molecule has 0 saturated heterocycles. The van der Waals surface area contributed by atoms with Crippen LogP contribution in [0, 0.1) is 7.43 Å². The molecule has 0 unspecified atom stereocenters. The normalized spacial score (nSPS) is 8.44. The smallest absolute Gasteiger partial charge is 0.328 e. The van der Waals surface area contributed by atoms with E-state index in [2.05, 4.69) is 0 Å². The number of rotatable bonds is 2. The van der Waals surface area contributed by atoms with Crippen molar-refractivity contribution in [2.75, 3.05) is 0 Å². The Bertz CT molecular complexity index is 120. The Morgan fingerprint density at radius 3 is 1.33 bits per heavy atom. The molecule has 4 nitrogen and oxygen atoms in total. The second kappa shape index (κ2) is 4.83. The first-order valence-corrected chi connectivity index (χ1v) is 1.77. The quantitative estimate of drug-likeness (QED) is 0.504. The van der Waals surface area contributed by atoms with Crippen molar-refractivity contribution >= 4 is 11.9 Å². The van der Waals surface area contributed by atoms with Crippen LogP contribution in [0.4, 0.5) is 0 Å². The molecule has 0 fully saturated rings. The van der Waals surface area contributed by atoms with Crippen LogP contribution in [-0.2, 0) is 9.59 Å². The largest absolute Gasteiger partial charge is 0.478 e. The summed E-state index contributed by atoms with van der Waals surface area (Å²) in [6.45, 7) is 0. The lowest BCUT2D eigenvalue weighted by atomic mass is 10.5. The van der Waals surface area contributed by atoms with Gasteiger partial charge in [0.15, 0.2) is 0 Å². The highest BCUT2D eigenvalue weighted by Crippen LogP contribution is 1.70. The number of aliphatic carboxylic acids is 2. The second-order valence-corrected chi connectivity index (χ2v) is 1.01. The molecule has 0 aromatic carbocycles. The number of carboxylic acids is 2. The van der Waals surface area contributed by atoms with E-state index in [0.717, 1.165) is 0 Å². The molecule has 4 heteroatoms. The number of hydrogen-bond acceptors (Lipinski definition) is 2. The molecule has 9 heavy (non-hydrogen) atoms. The van der Waals surface area contributed by atoms with Crippen LogP contribution in [0.25, 0.3) is 0 Å². The zero-order chi connectivity index (χ0) is 6.57. The van der Waals surface area contributed by atoms with E-state index in [1.807, 2.05) is 0 Å². The van der Waals surface area contributed by atoms with E-state index in [9.17, 15) is 9.59 Å². The van der Waals surface area contributed by atoms with Crippen molar-refractivity contribution in [3.8, 4) is 0 Å². The van der Waals surface area contributed by atoms with Gasteiger partial charge < -0.3 is 10.2 Å². The summed E-state index contributed by atoms with van der Waals surface area (Å²) in [5, 5.41) is 15.6. The fourth-order valence-electron chi connectivity index (χ4n) is 0.143. The molecule has 0 aromatic rings. The minimum absolute atomic E-state index is 0. The van der Waals surface area contributed by atoms with Crippen LogP contribution < -0.4 is 0 Å². The summed E-state index contributed by atoms with van der Waals surface area (Å²) in [5.74, 6) is -2.51. The summed E-state index contributed by atoms with van der Waals surface area (Å²) >= 11 is 0. The van der Waals surface area contributed by atoms with Crippen molar-refractivity contribution in [3.05, 3.63) is 19.6 Å². The van der Waals surface area contributed by atoms with E-state index in [1.165, 1.54) is 0 Å². The van der Waals surface area contributed by atoms with Gasteiger partial charge >= 0.3 is 11.9 Å². The van der Waals surface area contributed by atoms with Gasteiger partial charge in [-0.2, -0.15) is 0 Å². The van der Waals surface area contributed by atoms with Gasteiger partial charge in [-0.3, -0.25) is 0 Å². The predicted octanol–water partition coefficient (Wildman–Crippen LogP) is -0.207. The third-order valence-electron chi connectivity index (χ3n) is 0.368. The topological polar surface area (TPSA) is 74.6 Å². The first-order chi connectivity index (χ1) is 3.63. The van der Waals surface area contributed by atoms with Crippen LogP contribution in [0.1, 0.15) is 0 Å². The molecule has 48 valence electrons. The van der Waals surface area contributed by atoms with Gasteiger partial charge in [0.1, 0.15) is 0 Å². The summed E-state index contributed by atoms with van der Waals surface area (Å²) in [6.07, 6.45) is 1.12. The van der Waals surface area contributed by atoms with Gasteiger partial charge in [0, 0.05) is 19.6 Å². The first kappa shape index (κ1) is 10.6. The molecule has 0 bridgehead atoms. The van der Waals surface area contributed by atoms with Crippen LogP contribution in [0.5, 0.6) is 0 Å². The first-order valence-electron chi connectivity index (χ1n) is 1.77. The fourth-order valence-corrected chi connectivity index (χ4v) is 0.143. The standard InChI is InChI=1S/C4H4O4.C/c5-3(6)1-2-4(7)8;/h1-2H,(H,5,6)(H,7,8);. The van der Waals surface area contributed by atoms with E-state index < -0.39 is 11.9 Å². The van der Waals surface area contributed by atoms with E-state index in [-0.39, 0.29) is 7.43 Å². The minimum Gasteiger partial charge on any atom is -0.478 e. The zero-order valence-corrected chi connectivity index (χ0v) is 4.37. The van der Waals surface area contributed by atoms with E-state index in [0.29, 0.717) is 12.2 Å². The zero-order valence-electron chi connectivity index (χ0n) is 4.37. The SMILES string of the molecule is O=C(O)C=CC(=O)O.[C]. The van der Waals surface area contributed by atoms with E-state index in [4.69, 9.17) is 10.2 Å². The summed E-state index contributed by atoms with van der Waals surface area (Å²) in [4.78, 5) is 19.1. The van der Waals surface area contributed by atoms with Crippen LogP contribution in [-0.4, -0.2) is 22.2 Å². The lowest BCUT2D eigenvalue weighted by Gasteiger charge is -1.74. The predicted molar refractivity (Wildman–Crippen MR) is 27.7 cm³/mol. The summed E-state index contributed by atoms with van der Waals surface area (Å²) in [6, 6.07) is 0. The minimum atomic E-state index is -1.26. The van der Waals surface area contributed by atoms with Crippen LogP contribution >= 0.6 is 0 Å². The van der Waals surface area contributed by atoms with Crippen LogP contribution in [0.15, 0.2) is 12.2 Å². The molecule has 0 saturated carbocycles. The summed E-state index contributed by atoms with van der Waals surface area (Å²) in [5.41, 5.74) is 0. The maximum absolute atomic E-state index is 9.55. The lowest BCUT2D eigenvalue weighted by Crippen LogP contribution is -1.91. The maximum atomic E-state index is 9.55.